The molecule has 0 unspecified atom stereocenters. The van der Waals surface area contributed by atoms with Crippen LogP contribution in [0, 0.1) is 41.5 Å². The average molecular weight is 907 g/mol. The average Bonchev–Trinajstić information content (AvgIpc) is 3.35. The normalized spacial score (nSPS) is 18.6. The molecule has 3 nitrogen and oxygen atoms in total. The van der Waals surface area contributed by atoms with Gasteiger partial charge in [0.1, 0.15) is 0 Å². The minimum absolute atomic E-state index is 0.206. The summed E-state index contributed by atoms with van der Waals surface area (Å²) in [6.07, 6.45) is 20.6. The molecule has 0 heterocycles. The van der Waals surface area contributed by atoms with Gasteiger partial charge in [0.2, 0.25) is 0 Å². The number of hydrogen-bond acceptors (Lipinski definition) is 3. The van der Waals surface area contributed by atoms with Crippen LogP contribution >= 0.6 is 0 Å². The zero-order valence-electron chi connectivity index (χ0n) is 41.4. The van der Waals surface area contributed by atoms with Gasteiger partial charge in [-0.1, -0.05) is 179 Å². The second-order valence-corrected chi connectivity index (χ2v) is 19.0. The van der Waals surface area contributed by atoms with E-state index in [2.05, 4.69) is 187 Å². The number of Topliss-reactive ketones (excluding diaryl/α,β-unsaturated/α-hetero) is 3. The molecule has 0 aromatic heterocycles. The third-order valence-electron chi connectivity index (χ3n) is 12.9. The first-order valence-corrected chi connectivity index (χ1v) is 24.6. The lowest BCUT2D eigenvalue weighted by atomic mass is 9.87. The molecule has 6 aromatic rings. The maximum absolute atomic E-state index is 12.7. The van der Waals surface area contributed by atoms with Crippen LogP contribution in [0.15, 0.2) is 179 Å². The van der Waals surface area contributed by atoms with Crippen LogP contribution in [0.4, 0.5) is 0 Å². The van der Waals surface area contributed by atoms with Crippen molar-refractivity contribution >= 4 is 53.8 Å². The molecule has 6 aromatic carbocycles. The van der Waals surface area contributed by atoms with Gasteiger partial charge in [-0.05, 0) is 169 Å². The Kier molecular flexibility index (Phi) is 17.4. The Hall–Kier alpha value is -7.23. The second kappa shape index (κ2) is 24.2. The van der Waals surface area contributed by atoms with Gasteiger partial charge >= 0.3 is 0 Å². The van der Waals surface area contributed by atoms with E-state index in [1.807, 2.05) is 36.5 Å². The van der Waals surface area contributed by atoms with E-state index in [0.717, 1.165) is 125 Å². The number of hydrogen-bond donors (Lipinski definition) is 0. The summed E-state index contributed by atoms with van der Waals surface area (Å²) in [7, 11) is 0. The molecular weight excluding hydrogens is 841 g/mol. The molecule has 0 radical (unpaired) electrons. The summed E-state index contributed by atoms with van der Waals surface area (Å²) in [6, 6.07) is 50.0. The number of aryl methyl sites for hydroxylation is 6. The van der Waals surface area contributed by atoms with E-state index < -0.39 is 0 Å². The fourth-order valence-corrected chi connectivity index (χ4v) is 8.72. The molecule has 3 heteroatoms. The van der Waals surface area contributed by atoms with Gasteiger partial charge in [0.25, 0.3) is 0 Å². The minimum atomic E-state index is 0.206. The second-order valence-electron chi connectivity index (χ2n) is 19.0. The molecule has 0 amide bonds. The summed E-state index contributed by atoms with van der Waals surface area (Å²) in [4.78, 5) is 38.2. The topological polar surface area (TPSA) is 51.2 Å². The Morgan fingerprint density at radius 1 is 0.232 bits per heavy atom. The maximum atomic E-state index is 12.7. The van der Waals surface area contributed by atoms with E-state index in [0.29, 0.717) is 0 Å². The standard InChI is InChI=1S/3C22H22O/c3*1-16-6-10-18(11-7-16)14-20-4-3-5-21(22(20)23)15-19-12-8-17(2)9-13-19/h3*6-15H,3-5H2,1-2H3/b20-14+,21-15+;20-14-,21-15+;20-14-,21-15-. The highest BCUT2D eigenvalue weighted by atomic mass is 16.1. The smallest absolute Gasteiger partial charge is 0.185 e. The molecule has 0 atom stereocenters. The molecule has 0 N–H and O–H groups in total. The predicted octanol–water partition coefficient (Wildman–Crippen LogP) is 16.6. The zero-order chi connectivity index (χ0) is 48.7. The fourth-order valence-electron chi connectivity index (χ4n) is 8.72. The van der Waals surface area contributed by atoms with Gasteiger partial charge in [-0.25, -0.2) is 0 Å². The highest BCUT2D eigenvalue weighted by molar-refractivity contribution is 6.15. The number of carbonyl (C=O) groups is 3. The van der Waals surface area contributed by atoms with Gasteiger partial charge in [0, 0.05) is 33.4 Å². The first-order chi connectivity index (χ1) is 33.3. The van der Waals surface area contributed by atoms with Crippen molar-refractivity contribution in [1.82, 2.24) is 0 Å². The first kappa shape index (κ1) is 49.7. The molecule has 0 saturated heterocycles. The Bertz CT molecular complexity index is 2410. The van der Waals surface area contributed by atoms with Gasteiger partial charge < -0.3 is 0 Å². The molecule has 3 fully saturated rings. The molecule has 0 spiro atoms. The van der Waals surface area contributed by atoms with Crippen LogP contribution < -0.4 is 0 Å². The fraction of sp³-hybridized carbons (Fsp3) is 0.227. The third kappa shape index (κ3) is 14.9. The van der Waals surface area contributed by atoms with Crippen molar-refractivity contribution in [3.8, 4) is 0 Å². The molecule has 69 heavy (non-hydrogen) atoms. The van der Waals surface area contributed by atoms with Gasteiger partial charge in [-0.2, -0.15) is 0 Å². The van der Waals surface area contributed by atoms with Gasteiger partial charge in [-0.3, -0.25) is 14.4 Å². The molecule has 9 rings (SSSR count). The SMILES string of the molecule is Cc1ccc(/C=C2/CCC/C(=C/c3ccc(C)cc3)C2=O)cc1.Cc1ccc(/C=C2/CCC/C(=C\c3ccc(C)cc3)C2=O)cc1.Cc1ccc(/C=C2\CCC/C(=C\c3ccc(C)cc3)C2=O)cc1. The van der Waals surface area contributed by atoms with E-state index in [4.69, 9.17) is 0 Å². The lowest BCUT2D eigenvalue weighted by Crippen LogP contribution is -2.12. The van der Waals surface area contributed by atoms with Crippen LogP contribution in [0.25, 0.3) is 36.5 Å². The summed E-state index contributed by atoms with van der Waals surface area (Å²) in [5, 5.41) is 0. The van der Waals surface area contributed by atoms with Crippen molar-refractivity contribution in [3.63, 3.8) is 0 Å². The molecule has 0 aliphatic heterocycles. The largest absolute Gasteiger partial charge is 0.289 e. The van der Waals surface area contributed by atoms with Crippen molar-refractivity contribution < 1.29 is 14.4 Å². The Morgan fingerprint density at radius 2 is 0.362 bits per heavy atom. The van der Waals surface area contributed by atoms with E-state index in [1.54, 1.807) is 0 Å². The minimum Gasteiger partial charge on any atom is -0.289 e. The van der Waals surface area contributed by atoms with Crippen LogP contribution in [-0.4, -0.2) is 17.3 Å². The van der Waals surface area contributed by atoms with Crippen molar-refractivity contribution in [2.24, 2.45) is 0 Å². The third-order valence-corrected chi connectivity index (χ3v) is 12.9. The van der Waals surface area contributed by atoms with Crippen molar-refractivity contribution in [3.05, 3.63) is 246 Å². The van der Waals surface area contributed by atoms with E-state index in [9.17, 15) is 14.4 Å². The van der Waals surface area contributed by atoms with E-state index in [-0.39, 0.29) is 17.3 Å². The summed E-state index contributed by atoms with van der Waals surface area (Å²) in [6.45, 7) is 12.4. The Labute approximate surface area is 411 Å². The molecular formula is C66H66O3. The van der Waals surface area contributed by atoms with Crippen molar-refractivity contribution in [1.29, 1.82) is 0 Å². The lowest BCUT2D eigenvalue weighted by Gasteiger charge is -2.16. The zero-order valence-corrected chi connectivity index (χ0v) is 41.4. The van der Waals surface area contributed by atoms with Gasteiger partial charge in [0.05, 0.1) is 0 Å². The molecule has 3 aliphatic rings. The number of allylic oxidation sites excluding steroid dienone is 6. The maximum Gasteiger partial charge on any atom is 0.185 e. The van der Waals surface area contributed by atoms with Crippen LogP contribution in [-0.2, 0) is 14.4 Å². The van der Waals surface area contributed by atoms with Gasteiger partial charge in [0.15, 0.2) is 17.3 Å². The van der Waals surface area contributed by atoms with Crippen molar-refractivity contribution in [2.45, 2.75) is 99.3 Å². The quantitative estimate of drug-likeness (QED) is 0.156. The van der Waals surface area contributed by atoms with Gasteiger partial charge in [-0.15, -0.1) is 0 Å². The lowest BCUT2D eigenvalue weighted by molar-refractivity contribution is -0.113. The van der Waals surface area contributed by atoms with Crippen LogP contribution in [0.2, 0.25) is 0 Å². The number of carbonyl (C=O) groups excluding carboxylic acids is 3. The molecule has 3 aliphatic carbocycles. The summed E-state index contributed by atoms with van der Waals surface area (Å²) < 4.78 is 0. The first-order valence-electron chi connectivity index (χ1n) is 24.6. The monoisotopic (exact) mass is 907 g/mol. The van der Waals surface area contributed by atoms with Crippen LogP contribution in [0.5, 0.6) is 0 Å². The number of benzene rings is 6. The molecule has 0 bridgehead atoms. The predicted molar refractivity (Wildman–Crippen MR) is 292 cm³/mol. The van der Waals surface area contributed by atoms with Crippen LogP contribution in [0.1, 0.15) is 125 Å². The highest BCUT2D eigenvalue weighted by Gasteiger charge is 2.22. The van der Waals surface area contributed by atoms with Crippen LogP contribution in [0.3, 0.4) is 0 Å². The summed E-state index contributed by atoms with van der Waals surface area (Å²) in [5.41, 5.74) is 19.6. The molecule has 3 saturated carbocycles. The number of ketones is 3. The van der Waals surface area contributed by atoms with Crippen molar-refractivity contribution in [2.75, 3.05) is 0 Å². The summed E-state index contributed by atoms with van der Waals surface area (Å²) >= 11 is 0. The highest BCUT2D eigenvalue weighted by Crippen LogP contribution is 2.31. The van der Waals surface area contributed by atoms with E-state index >= 15 is 0 Å². The molecule has 348 valence electrons. The Balaban J connectivity index is 0.000000153. The summed E-state index contributed by atoms with van der Waals surface area (Å²) in [5.74, 6) is 0.618. The Morgan fingerprint density at radius 3 is 0.493 bits per heavy atom. The van der Waals surface area contributed by atoms with E-state index in [1.165, 1.54) is 33.4 Å². The number of rotatable bonds is 6.